The van der Waals surface area contributed by atoms with Crippen LogP contribution in [0.25, 0.3) is 10.9 Å². The number of sulfone groups is 1. The normalized spacial score (nSPS) is 11.8. The molecule has 0 saturated carbocycles. The third-order valence-corrected chi connectivity index (χ3v) is 4.98. The summed E-state index contributed by atoms with van der Waals surface area (Å²) in [6, 6.07) is 13.0. The zero-order valence-electron chi connectivity index (χ0n) is 9.80. The van der Waals surface area contributed by atoms with E-state index in [0.717, 1.165) is 10.9 Å². The maximum Gasteiger partial charge on any atom is 0.206 e. The van der Waals surface area contributed by atoms with E-state index < -0.39 is 9.84 Å². The van der Waals surface area contributed by atoms with Crippen molar-refractivity contribution >= 4 is 32.3 Å². The molecular formula is C14H10ClNO2S. The van der Waals surface area contributed by atoms with Crippen molar-refractivity contribution < 1.29 is 8.42 Å². The van der Waals surface area contributed by atoms with Gasteiger partial charge in [-0.15, -0.1) is 0 Å². The lowest BCUT2D eigenvalue weighted by molar-refractivity contribution is 0.596. The zero-order valence-corrected chi connectivity index (χ0v) is 11.4. The van der Waals surface area contributed by atoms with E-state index in [2.05, 4.69) is 4.98 Å². The van der Waals surface area contributed by atoms with Crippen molar-refractivity contribution in [2.24, 2.45) is 0 Å². The van der Waals surface area contributed by atoms with Gasteiger partial charge in [0.1, 0.15) is 0 Å². The second kappa shape index (κ2) is 4.40. The largest absolute Gasteiger partial charge is 0.361 e. The van der Waals surface area contributed by atoms with Gasteiger partial charge in [-0.25, -0.2) is 8.42 Å². The van der Waals surface area contributed by atoms with Crippen LogP contribution in [0.4, 0.5) is 0 Å². The molecule has 1 aromatic heterocycles. The fourth-order valence-corrected chi connectivity index (χ4v) is 3.37. The van der Waals surface area contributed by atoms with Gasteiger partial charge in [0.2, 0.25) is 9.84 Å². The summed E-state index contributed by atoms with van der Waals surface area (Å²) in [5.74, 6) is 0. The first-order chi connectivity index (χ1) is 9.07. The maximum atomic E-state index is 12.5. The van der Waals surface area contributed by atoms with Crippen molar-refractivity contribution in [2.75, 3.05) is 0 Å². The monoisotopic (exact) mass is 291 g/mol. The second-order valence-corrected chi connectivity index (χ2v) is 6.57. The van der Waals surface area contributed by atoms with Gasteiger partial charge >= 0.3 is 0 Å². The number of rotatable bonds is 2. The van der Waals surface area contributed by atoms with Crippen molar-refractivity contribution in [3.8, 4) is 0 Å². The highest BCUT2D eigenvalue weighted by atomic mass is 35.5. The summed E-state index contributed by atoms with van der Waals surface area (Å²) in [7, 11) is -3.50. The molecule has 0 aliphatic rings. The summed E-state index contributed by atoms with van der Waals surface area (Å²) in [6.07, 6.45) is 1.78. The first-order valence-electron chi connectivity index (χ1n) is 5.65. The molecule has 0 spiro atoms. The maximum absolute atomic E-state index is 12.5. The third kappa shape index (κ3) is 2.13. The lowest BCUT2D eigenvalue weighted by atomic mass is 10.2. The molecule has 0 atom stereocenters. The van der Waals surface area contributed by atoms with E-state index in [1.165, 1.54) is 12.1 Å². The Morgan fingerprint density at radius 2 is 1.58 bits per heavy atom. The standard InChI is InChI=1S/C14H10ClNO2S/c15-11-1-3-12(4-2-11)19(17,18)13-5-6-14-10(9-13)7-8-16-14/h1-9,16H. The van der Waals surface area contributed by atoms with Crippen LogP contribution in [0.15, 0.2) is 64.5 Å². The average molecular weight is 292 g/mol. The van der Waals surface area contributed by atoms with Gasteiger partial charge in [-0.05, 0) is 48.5 Å². The topological polar surface area (TPSA) is 49.9 Å². The molecule has 5 heteroatoms. The summed E-state index contributed by atoms with van der Waals surface area (Å²) >= 11 is 5.77. The highest BCUT2D eigenvalue weighted by Crippen LogP contribution is 2.25. The molecule has 19 heavy (non-hydrogen) atoms. The molecule has 3 nitrogen and oxygen atoms in total. The highest BCUT2D eigenvalue weighted by Gasteiger charge is 2.17. The molecule has 0 fully saturated rings. The molecule has 0 aliphatic heterocycles. The first-order valence-corrected chi connectivity index (χ1v) is 7.51. The predicted octanol–water partition coefficient (Wildman–Crippen LogP) is 3.65. The van der Waals surface area contributed by atoms with Crippen molar-refractivity contribution in [2.45, 2.75) is 9.79 Å². The van der Waals surface area contributed by atoms with Crippen LogP contribution in [0.2, 0.25) is 5.02 Å². The van der Waals surface area contributed by atoms with Crippen LogP contribution in [0.3, 0.4) is 0 Å². The molecular weight excluding hydrogens is 282 g/mol. The lowest BCUT2D eigenvalue weighted by Crippen LogP contribution is -2.01. The van der Waals surface area contributed by atoms with E-state index in [1.54, 1.807) is 36.5 Å². The van der Waals surface area contributed by atoms with E-state index >= 15 is 0 Å². The molecule has 0 aliphatic carbocycles. The number of hydrogen-bond acceptors (Lipinski definition) is 2. The van der Waals surface area contributed by atoms with Crippen LogP contribution in [-0.4, -0.2) is 13.4 Å². The number of fused-ring (bicyclic) bond motifs is 1. The molecule has 0 bridgehead atoms. The van der Waals surface area contributed by atoms with Crippen LogP contribution in [-0.2, 0) is 9.84 Å². The van der Waals surface area contributed by atoms with Gasteiger partial charge < -0.3 is 4.98 Å². The SMILES string of the molecule is O=S(=O)(c1ccc(Cl)cc1)c1ccc2[nH]ccc2c1. The number of aromatic amines is 1. The molecule has 2 aromatic carbocycles. The van der Waals surface area contributed by atoms with E-state index in [1.807, 2.05) is 6.07 Å². The van der Waals surface area contributed by atoms with Gasteiger partial charge in [0, 0.05) is 22.1 Å². The highest BCUT2D eigenvalue weighted by molar-refractivity contribution is 7.91. The molecule has 0 radical (unpaired) electrons. The number of halogens is 1. The zero-order chi connectivity index (χ0) is 13.5. The minimum Gasteiger partial charge on any atom is -0.361 e. The van der Waals surface area contributed by atoms with E-state index in [0.29, 0.717) is 5.02 Å². The minimum absolute atomic E-state index is 0.242. The Morgan fingerprint density at radius 3 is 2.32 bits per heavy atom. The molecule has 0 unspecified atom stereocenters. The molecule has 1 heterocycles. The third-order valence-electron chi connectivity index (χ3n) is 2.96. The van der Waals surface area contributed by atoms with E-state index in [4.69, 9.17) is 11.6 Å². The summed E-state index contributed by atoms with van der Waals surface area (Å²) in [5, 5.41) is 1.38. The number of hydrogen-bond donors (Lipinski definition) is 1. The minimum atomic E-state index is -3.50. The average Bonchev–Trinajstić information content (AvgIpc) is 2.86. The molecule has 0 saturated heterocycles. The second-order valence-electron chi connectivity index (χ2n) is 4.18. The van der Waals surface area contributed by atoms with E-state index in [-0.39, 0.29) is 9.79 Å². The molecule has 3 rings (SSSR count). The van der Waals surface area contributed by atoms with Crippen molar-refractivity contribution in [1.29, 1.82) is 0 Å². The summed E-state index contributed by atoms with van der Waals surface area (Å²) in [5.41, 5.74) is 0.912. The number of aromatic nitrogens is 1. The Labute approximate surface area is 115 Å². The quantitative estimate of drug-likeness (QED) is 0.783. The first kappa shape index (κ1) is 12.3. The Balaban J connectivity index is 2.15. The Hall–Kier alpha value is -1.78. The molecule has 1 N–H and O–H groups in total. The van der Waals surface area contributed by atoms with Gasteiger partial charge in [-0.1, -0.05) is 11.6 Å². The predicted molar refractivity (Wildman–Crippen MR) is 75.2 cm³/mol. The van der Waals surface area contributed by atoms with Crippen LogP contribution in [0, 0.1) is 0 Å². The number of H-pyrrole nitrogens is 1. The van der Waals surface area contributed by atoms with Crippen molar-refractivity contribution in [3.05, 3.63) is 59.8 Å². The van der Waals surface area contributed by atoms with E-state index in [9.17, 15) is 8.42 Å². The van der Waals surface area contributed by atoms with Gasteiger partial charge in [0.25, 0.3) is 0 Å². The van der Waals surface area contributed by atoms with Gasteiger partial charge in [0.05, 0.1) is 9.79 Å². The fraction of sp³-hybridized carbons (Fsp3) is 0. The van der Waals surface area contributed by atoms with Crippen LogP contribution in [0.5, 0.6) is 0 Å². The van der Waals surface area contributed by atoms with Crippen LogP contribution in [0.1, 0.15) is 0 Å². The number of nitrogens with one attached hydrogen (secondary N) is 1. The Kier molecular flexibility index (Phi) is 2.84. The molecule has 3 aromatic rings. The lowest BCUT2D eigenvalue weighted by Gasteiger charge is -2.05. The van der Waals surface area contributed by atoms with Crippen molar-refractivity contribution in [1.82, 2.24) is 4.98 Å². The smallest absolute Gasteiger partial charge is 0.206 e. The van der Waals surface area contributed by atoms with Crippen molar-refractivity contribution in [3.63, 3.8) is 0 Å². The number of benzene rings is 2. The Morgan fingerprint density at radius 1 is 0.895 bits per heavy atom. The summed E-state index contributed by atoms with van der Waals surface area (Å²) in [6.45, 7) is 0. The fourth-order valence-electron chi connectivity index (χ4n) is 1.95. The molecule has 96 valence electrons. The summed E-state index contributed by atoms with van der Waals surface area (Å²) in [4.78, 5) is 3.56. The molecule has 0 amide bonds. The van der Waals surface area contributed by atoms with Gasteiger partial charge in [-0.2, -0.15) is 0 Å². The summed E-state index contributed by atoms with van der Waals surface area (Å²) < 4.78 is 24.9. The van der Waals surface area contributed by atoms with Crippen LogP contribution < -0.4 is 0 Å². The Bertz CT molecular complexity index is 835. The van der Waals surface area contributed by atoms with Crippen LogP contribution >= 0.6 is 11.6 Å². The van der Waals surface area contributed by atoms with Gasteiger partial charge in [-0.3, -0.25) is 0 Å². The van der Waals surface area contributed by atoms with Gasteiger partial charge in [0.15, 0.2) is 0 Å².